The standard InChI is InChI=1S/C33H39N7O2.C31H36N8O2.C30H35N9O2/c1-4-31(41)40-19-18-39(21-26(40)20-34-2)32-28-15-17-38(30-14-9-11-24-10-5-6-13-27(24)30)22-29(28)35-33(36-32)42-23-25-12-7-8-16-37(25)3;1-4-29(40)39-16-15-38(19-24(39)17-32-2)30-25-11-14-37(28-9-5-7-22-10-12-33-18-26(22)28)20-27(25)34-31(35-30)41-21-23-8-6-13-36(23)3;1-4-27(40)39-15-14-38(18-23(39)17-31-2)28-25-11-13-37(29-24-10-6-5-8-21(24)16-32-35-29)19-26(25)33-30(34-28)41-20-22-9-7-12-36(22)3/h4-6,9-11,13-14,25-26H,1,7-8,12,15-23H2,3H3;4-5,7,9-10,12,18,23-24H,1,6,8,11,13-17,19-21H2,3H3;4-6,8,10,16,22-23H,1,7,9,11-15,17-20H2,3H3/t25-,26+;23-,24-;22-,23-/m100/s1. The highest BCUT2D eigenvalue weighted by molar-refractivity contribution is 5.96. The zero-order chi connectivity index (χ0) is 85.7. The van der Waals surface area contributed by atoms with Gasteiger partial charge < -0.3 is 87.5 Å². The van der Waals surface area contributed by atoms with Crippen molar-refractivity contribution < 1.29 is 28.6 Å². The van der Waals surface area contributed by atoms with E-state index in [1.807, 2.05) is 36.7 Å². The fraction of sp³-hybridized carbons (Fsp3) is 0.457. The first-order valence-electron chi connectivity index (χ1n) is 43.6. The van der Waals surface area contributed by atoms with Crippen molar-refractivity contribution in [1.29, 1.82) is 0 Å². The zero-order valence-corrected chi connectivity index (χ0v) is 71.4. The molecule has 30 heteroatoms. The number of anilines is 6. The summed E-state index contributed by atoms with van der Waals surface area (Å²) in [5.74, 6) is 3.04. The molecule has 0 unspecified atom stereocenters. The number of pyridine rings is 1. The summed E-state index contributed by atoms with van der Waals surface area (Å²) in [7, 11) is 6.43. The molecule has 9 aromatic rings. The number of piperazine rings is 3. The Hall–Kier alpha value is -12.7. The first-order chi connectivity index (χ1) is 60.7. The minimum absolute atomic E-state index is 0.126. The molecular weight excluding hydrogens is 1560 g/mol. The highest BCUT2D eigenvalue weighted by atomic mass is 16.5. The van der Waals surface area contributed by atoms with Crippen molar-refractivity contribution in [2.75, 3.05) is 188 Å². The Morgan fingerprint density at radius 2 is 0.798 bits per heavy atom. The molecule has 3 amide bonds. The van der Waals surface area contributed by atoms with Crippen molar-refractivity contribution in [3.05, 3.63) is 216 Å². The molecule has 0 saturated carbocycles. The third-order valence-corrected chi connectivity index (χ3v) is 26.1. The summed E-state index contributed by atoms with van der Waals surface area (Å²) in [4.78, 5) is 109. The molecule has 4 aromatic carbocycles. The molecule has 0 N–H and O–H groups in total. The van der Waals surface area contributed by atoms with Crippen molar-refractivity contribution in [3.63, 3.8) is 0 Å². The molecule has 0 aliphatic carbocycles. The van der Waals surface area contributed by atoms with Gasteiger partial charge in [-0.05, 0) is 146 Å². The molecule has 6 atom stereocenters. The maximum atomic E-state index is 12.5. The van der Waals surface area contributed by atoms with E-state index in [9.17, 15) is 14.4 Å². The van der Waals surface area contributed by atoms with Crippen LogP contribution < -0.4 is 43.6 Å². The maximum absolute atomic E-state index is 12.5. The number of carbonyl (C=O) groups excluding carboxylic acids is 3. The van der Waals surface area contributed by atoms with Gasteiger partial charge in [-0.15, -0.1) is 5.10 Å². The second-order valence-corrected chi connectivity index (χ2v) is 33.6. The highest BCUT2D eigenvalue weighted by Crippen LogP contribution is 2.40. The lowest BCUT2D eigenvalue weighted by Crippen LogP contribution is -2.56. The fourth-order valence-electron chi connectivity index (χ4n) is 19.2. The maximum Gasteiger partial charge on any atom is 0.318 e. The van der Waals surface area contributed by atoms with Gasteiger partial charge in [-0.3, -0.25) is 19.4 Å². The van der Waals surface area contributed by atoms with E-state index in [0.717, 1.165) is 168 Å². The molecule has 6 fully saturated rings. The number of nitrogens with zero attached hydrogens (tertiary/aromatic N) is 24. The topological polar surface area (TPSA) is 247 Å². The van der Waals surface area contributed by atoms with Crippen molar-refractivity contribution in [2.45, 2.75) is 120 Å². The lowest BCUT2D eigenvalue weighted by atomic mass is 10.0. The zero-order valence-electron chi connectivity index (χ0n) is 71.4. The van der Waals surface area contributed by atoms with Crippen molar-refractivity contribution >= 4 is 84.7 Å². The van der Waals surface area contributed by atoms with Gasteiger partial charge in [0.15, 0.2) is 5.82 Å². The van der Waals surface area contributed by atoms with Gasteiger partial charge in [-0.25, -0.2) is 19.7 Å². The number of aromatic nitrogens is 9. The Bertz CT molecular complexity index is 5300. The molecular formula is C94H110N24O6. The van der Waals surface area contributed by atoms with Crippen LogP contribution in [0.1, 0.15) is 78.7 Å². The van der Waals surface area contributed by atoms with Gasteiger partial charge in [-0.2, -0.15) is 35.0 Å². The van der Waals surface area contributed by atoms with Crippen LogP contribution in [0.5, 0.6) is 18.0 Å². The SMILES string of the molecule is [C-]#[N+]C[C@H]1CN(c2nc(OC[C@@H]3CCCN3C)nc3c2CCN(c2cccc4ccncc24)C3)CCN1C(=O)C=C.[C-]#[N+]C[C@H]1CN(c2nc(OC[C@@H]3CCCN3C)nc3c2CCN(c2nncc4ccccc24)C3)CCN1C(=O)C=C.[C-]#[N+]C[C@H]1CN(c2nc(OC[C@H]3CCCCN3C)nc3c2CCN(c2cccc4ccccc24)C3)CCN1C(=O)C=C. The summed E-state index contributed by atoms with van der Waals surface area (Å²) in [6, 6.07) is 33.1. The summed E-state index contributed by atoms with van der Waals surface area (Å²) >= 11 is 0. The smallest absolute Gasteiger partial charge is 0.318 e. The molecule has 5 aromatic heterocycles. The third kappa shape index (κ3) is 18.8. The Labute approximate surface area is 725 Å². The summed E-state index contributed by atoms with van der Waals surface area (Å²) in [6.07, 6.45) is 20.0. The monoisotopic (exact) mass is 1670 g/mol. The third-order valence-electron chi connectivity index (χ3n) is 26.1. The summed E-state index contributed by atoms with van der Waals surface area (Å²) in [5, 5.41) is 15.6. The minimum atomic E-state index is -0.236. The molecule has 30 nitrogen and oxygen atoms in total. The number of benzene rings is 4. The number of hydrogen-bond donors (Lipinski definition) is 0. The van der Waals surface area contributed by atoms with E-state index >= 15 is 0 Å². The van der Waals surface area contributed by atoms with Gasteiger partial charge in [-0.1, -0.05) is 99.0 Å². The van der Waals surface area contributed by atoms with E-state index in [1.165, 1.54) is 54.0 Å². The number of carbonyl (C=O) groups is 3. The molecule has 124 heavy (non-hydrogen) atoms. The van der Waals surface area contributed by atoms with Crippen LogP contribution in [0.3, 0.4) is 0 Å². The predicted octanol–water partition coefficient (Wildman–Crippen LogP) is 9.94. The highest BCUT2D eigenvalue weighted by Gasteiger charge is 2.40. The fourth-order valence-corrected chi connectivity index (χ4v) is 19.2. The number of likely N-dealkylation sites (tertiary alicyclic amines) is 3. The Morgan fingerprint density at radius 3 is 1.24 bits per heavy atom. The lowest BCUT2D eigenvalue weighted by molar-refractivity contribution is -0.129. The van der Waals surface area contributed by atoms with Crippen LogP contribution >= 0.6 is 0 Å². The van der Waals surface area contributed by atoms with E-state index < -0.39 is 0 Å². The Morgan fingerprint density at radius 1 is 0.403 bits per heavy atom. The van der Waals surface area contributed by atoms with Crippen molar-refractivity contribution in [3.8, 4) is 18.0 Å². The van der Waals surface area contributed by atoms with Crippen LogP contribution in [0.15, 0.2) is 148 Å². The van der Waals surface area contributed by atoms with Gasteiger partial charge >= 0.3 is 18.0 Å². The van der Waals surface area contributed by atoms with Gasteiger partial charge in [0.1, 0.15) is 55.4 Å². The van der Waals surface area contributed by atoms with E-state index in [4.69, 9.17) is 63.8 Å². The number of amides is 3. The summed E-state index contributed by atoms with van der Waals surface area (Å²) < 4.78 is 18.9. The average molecular weight is 1670 g/mol. The molecule has 0 bridgehead atoms. The molecule has 14 heterocycles. The van der Waals surface area contributed by atoms with E-state index in [-0.39, 0.29) is 55.5 Å². The van der Waals surface area contributed by atoms with Gasteiger partial charge in [0, 0.05) is 159 Å². The van der Waals surface area contributed by atoms with Gasteiger partial charge in [0.05, 0.1) is 42.9 Å². The average Bonchev–Trinajstić information content (AvgIpc) is 0.840. The van der Waals surface area contributed by atoms with Crippen LogP contribution in [0.4, 0.5) is 34.6 Å². The van der Waals surface area contributed by atoms with Crippen LogP contribution in [0.25, 0.3) is 46.9 Å². The van der Waals surface area contributed by atoms with E-state index in [2.05, 4.69) is 181 Å². The molecule has 0 radical (unpaired) electrons. The minimum Gasteiger partial charge on any atom is -0.462 e. The Balaban J connectivity index is 0.000000137. The molecule has 9 aliphatic rings. The normalized spacial score (nSPS) is 21.0. The number of hydrogen-bond acceptors (Lipinski definition) is 24. The first kappa shape index (κ1) is 84.9. The number of fused-ring (bicyclic) bond motifs is 6. The molecule has 18 rings (SSSR count). The number of piperidine rings is 1. The largest absolute Gasteiger partial charge is 0.462 e. The van der Waals surface area contributed by atoms with E-state index in [0.29, 0.717) is 135 Å². The second kappa shape index (κ2) is 39.2. The Kier molecular flexibility index (Phi) is 26.9. The van der Waals surface area contributed by atoms with Crippen LogP contribution in [-0.4, -0.2) is 287 Å². The van der Waals surface area contributed by atoms with Crippen LogP contribution in [0, 0.1) is 19.7 Å². The summed E-state index contributed by atoms with van der Waals surface area (Å²) in [5.41, 5.74) is 8.56. The summed E-state index contributed by atoms with van der Waals surface area (Å²) in [6.45, 7) is 48.3. The molecule has 0 spiro atoms. The lowest BCUT2D eigenvalue weighted by Gasteiger charge is -2.41. The van der Waals surface area contributed by atoms with E-state index in [1.54, 1.807) is 20.9 Å². The van der Waals surface area contributed by atoms with Crippen molar-refractivity contribution in [1.82, 2.24) is 74.5 Å². The second-order valence-electron chi connectivity index (χ2n) is 33.6. The first-order valence-corrected chi connectivity index (χ1v) is 43.6. The molecule has 6 saturated heterocycles. The quantitative estimate of drug-likeness (QED) is 0.0479. The number of ether oxygens (including phenoxy) is 3. The van der Waals surface area contributed by atoms with Crippen LogP contribution in [-0.2, 0) is 53.3 Å². The molecule has 642 valence electrons. The predicted molar refractivity (Wildman–Crippen MR) is 482 cm³/mol. The van der Waals surface area contributed by atoms with Crippen LogP contribution in [0.2, 0.25) is 0 Å². The molecule has 9 aliphatic heterocycles. The van der Waals surface area contributed by atoms with Crippen molar-refractivity contribution in [2.24, 2.45) is 0 Å². The number of likely N-dealkylation sites (N-methyl/N-ethyl adjacent to an activating group) is 3. The number of rotatable bonds is 21. The van der Waals surface area contributed by atoms with Gasteiger partial charge in [0.25, 0.3) is 0 Å². The van der Waals surface area contributed by atoms with Gasteiger partial charge in [0.2, 0.25) is 37.4 Å².